The number of sulfonamides is 1. The molecule has 0 aliphatic rings. The zero-order valence-corrected chi connectivity index (χ0v) is 20.5. The van der Waals surface area contributed by atoms with Crippen molar-refractivity contribution in [2.45, 2.75) is 17.6 Å². The van der Waals surface area contributed by atoms with Crippen molar-refractivity contribution in [3.05, 3.63) is 83.6 Å². The number of aryl methyl sites for hydroxylation is 1. The molecular formula is C25H24N2O5S2. The SMILES string of the molecule is COc1ccccc1NS(=O)(=O)c1cc(NC(=O)c2oc3ccccc3c2CSC)ccc1C. The molecule has 1 amide bonds. The maximum Gasteiger partial charge on any atom is 0.291 e. The van der Waals surface area contributed by atoms with Crippen molar-refractivity contribution >= 4 is 50.0 Å². The van der Waals surface area contributed by atoms with E-state index in [1.165, 1.54) is 13.2 Å². The molecule has 34 heavy (non-hydrogen) atoms. The lowest BCUT2D eigenvalue weighted by atomic mass is 10.1. The van der Waals surface area contributed by atoms with Gasteiger partial charge in [-0.15, -0.1) is 0 Å². The van der Waals surface area contributed by atoms with Crippen LogP contribution in [0, 0.1) is 6.92 Å². The van der Waals surface area contributed by atoms with Gasteiger partial charge in [-0.2, -0.15) is 11.8 Å². The molecule has 4 aromatic rings. The van der Waals surface area contributed by atoms with E-state index in [2.05, 4.69) is 10.0 Å². The molecule has 0 fully saturated rings. The molecule has 0 aliphatic carbocycles. The van der Waals surface area contributed by atoms with Gasteiger partial charge >= 0.3 is 0 Å². The molecule has 4 rings (SSSR count). The molecule has 0 saturated heterocycles. The van der Waals surface area contributed by atoms with E-state index in [4.69, 9.17) is 9.15 Å². The van der Waals surface area contributed by atoms with Crippen LogP contribution in [0.3, 0.4) is 0 Å². The van der Waals surface area contributed by atoms with E-state index >= 15 is 0 Å². The lowest BCUT2D eigenvalue weighted by Gasteiger charge is -2.14. The Morgan fingerprint density at radius 3 is 2.56 bits per heavy atom. The van der Waals surface area contributed by atoms with Crippen LogP contribution in [0.15, 0.2) is 76.0 Å². The number of ether oxygens (including phenoxy) is 1. The number of rotatable bonds is 8. The van der Waals surface area contributed by atoms with Crippen LogP contribution in [-0.2, 0) is 15.8 Å². The van der Waals surface area contributed by atoms with Crippen molar-refractivity contribution in [2.75, 3.05) is 23.4 Å². The highest BCUT2D eigenvalue weighted by atomic mass is 32.2. The lowest BCUT2D eigenvalue weighted by Crippen LogP contribution is -2.17. The summed E-state index contributed by atoms with van der Waals surface area (Å²) in [4.78, 5) is 13.2. The zero-order valence-electron chi connectivity index (χ0n) is 18.9. The molecule has 7 nitrogen and oxygen atoms in total. The predicted molar refractivity (Wildman–Crippen MR) is 136 cm³/mol. The van der Waals surface area contributed by atoms with Gasteiger partial charge in [-0.1, -0.05) is 36.4 Å². The molecule has 176 valence electrons. The highest BCUT2D eigenvalue weighted by Gasteiger charge is 2.23. The molecule has 9 heteroatoms. The fraction of sp³-hybridized carbons (Fsp3) is 0.160. The average molecular weight is 497 g/mol. The van der Waals surface area contributed by atoms with Crippen molar-refractivity contribution in [2.24, 2.45) is 0 Å². The normalized spacial score (nSPS) is 11.4. The maximum atomic E-state index is 13.2. The molecule has 1 heterocycles. The first-order valence-electron chi connectivity index (χ1n) is 10.4. The smallest absolute Gasteiger partial charge is 0.291 e. The first-order chi connectivity index (χ1) is 16.3. The maximum absolute atomic E-state index is 13.2. The number of carbonyl (C=O) groups is 1. The third-order valence-electron chi connectivity index (χ3n) is 5.28. The third kappa shape index (κ3) is 4.76. The van der Waals surface area contributed by atoms with Crippen LogP contribution in [0.1, 0.15) is 21.7 Å². The summed E-state index contributed by atoms with van der Waals surface area (Å²) in [5.41, 5.74) is 2.63. The van der Waals surface area contributed by atoms with Gasteiger partial charge in [-0.05, 0) is 49.1 Å². The van der Waals surface area contributed by atoms with Crippen LogP contribution in [0.2, 0.25) is 0 Å². The van der Waals surface area contributed by atoms with Gasteiger partial charge in [0.2, 0.25) is 0 Å². The van der Waals surface area contributed by atoms with E-state index in [9.17, 15) is 13.2 Å². The molecule has 0 aliphatic heterocycles. The van der Waals surface area contributed by atoms with Gasteiger partial charge in [0.1, 0.15) is 11.3 Å². The number of nitrogens with one attached hydrogen (secondary N) is 2. The van der Waals surface area contributed by atoms with Gasteiger partial charge in [0.15, 0.2) is 5.76 Å². The number of fused-ring (bicyclic) bond motifs is 1. The first kappa shape index (κ1) is 23.7. The number of carbonyl (C=O) groups excluding carboxylic acids is 1. The van der Waals surface area contributed by atoms with Crippen molar-refractivity contribution in [3.8, 4) is 5.75 Å². The Morgan fingerprint density at radius 2 is 1.79 bits per heavy atom. The summed E-state index contributed by atoms with van der Waals surface area (Å²) < 4.78 is 40.0. The Labute approximate surface area is 202 Å². The summed E-state index contributed by atoms with van der Waals surface area (Å²) in [5, 5.41) is 3.67. The number of para-hydroxylation sites is 3. The Bertz CT molecular complexity index is 1460. The van der Waals surface area contributed by atoms with E-state index in [0.717, 1.165) is 10.9 Å². The van der Waals surface area contributed by atoms with Crippen LogP contribution in [-0.4, -0.2) is 27.7 Å². The summed E-state index contributed by atoms with van der Waals surface area (Å²) >= 11 is 1.59. The number of benzene rings is 3. The van der Waals surface area contributed by atoms with E-state index in [0.29, 0.717) is 34.0 Å². The molecule has 0 radical (unpaired) electrons. The van der Waals surface area contributed by atoms with Crippen LogP contribution >= 0.6 is 11.8 Å². The molecule has 2 N–H and O–H groups in total. The fourth-order valence-corrected chi connectivity index (χ4v) is 5.57. The van der Waals surface area contributed by atoms with Crippen molar-refractivity contribution in [3.63, 3.8) is 0 Å². The van der Waals surface area contributed by atoms with Crippen molar-refractivity contribution in [1.29, 1.82) is 0 Å². The van der Waals surface area contributed by atoms with E-state index < -0.39 is 15.9 Å². The minimum Gasteiger partial charge on any atom is -0.495 e. The van der Waals surface area contributed by atoms with E-state index in [1.54, 1.807) is 55.1 Å². The van der Waals surface area contributed by atoms with Gasteiger partial charge in [0.05, 0.1) is 17.7 Å². The molecule has 1 aromatic heterocycles. The highest BCUT2D eigenvalue weighted by molar-refractivity contribution is 7.97. The van der Waals surface area contributed by atoms with Gasteiger partial charge in [-0.3, -0.25) is 9.52 Å². The van der Waals surface area contributed by atoms with E-state index in [1.807, 2.05) is 30.5 Å². The molecule has 3 aromatic carbocycles. The largest absolute Gasteiger partial charge is 0.495 e. The van der Waals surface area contributed by atoms with Crippen LogP contribution in [0.25, 0.3) is 11.0 Å². The number of hydrogen-bond donors (Lipinski definition) is 2. The zero-order chi connectivity index (χ0) is 24.3. The average Bonchev–Trinajstić information content (AvgIpc) is 3.19. The monoisotopic (exact) mass is 496 g/mol. The first-order valence-corrected chi connectivity index (χ1v) is 13.3. The molecule has 0 spiro atoms. The second kappa shape index (κ2) is 9.82. The number of hydrogen-bond acceptors (Lipinski definition) is 6. The Hall–Kier alpha value is -3.43. The second-order valence-electron chi connectivity index (χ2n) is 7.58. The number of thioether (sulfide) groups is 1. The highest BCUT2D eigenvalue weighted by Crippen LogP contribution is 2.31. The minimum absolute atomic E-state index is 0.0464. The number of amides is 1. The van der Waals surface area contributed by atoms with Crippen LogP contribution in [0.5, 0.6) is 5.75 Å². The lowest BCUT2D eigenvalue weighted by molar-refractivity contribution is 0.0997. The summed E-state index contributed by atoms with van der Waals surface area (Å²) in [6.45, 7) is 1.69. The minimum atomic E-state index is -3.94. The van der Waals surface area contributed by atoms with Crippen LogP contribution < -0.4 is 14.8 Å². The topological polar surface area (TPSA) is 97.6 Å². The van der Waals surface area contributed by atoms with Gasteiger partial charge in [0, 0.05) is 22.4 Å². The molecular weight excluding hydrogens is 472 g/mol. The molecule has 0 bridgehead atoms. The van der Waals surface area contributed by atoms with Crippen LogP contribution in [0.4, 0.5) is 11.4 Å². The van der Waals surface area contributed by atoms with Crippen molar-refractivity contribution in [1.82, 2.24) is 0 Å². The summed E-state index contributed by atoms with van der Waals surface area (Å²) in [7, 11) is -2.47. The Morgan fingerprint density at radius 1 is 1.06 bits per heavy atom. The number of methoxy groups -OCH3 is 1. The predicted octanol–water partition coefficient (Wildman–Crippen LogP) is 5.67. The summed E-state index contributed by atoms with van der Waals surface area (Å²) in [5.74, 6) is 0.785. The standard InChI is InChI=1S/C25H24N2O5S2/c1-16-12-13-17(14-23(16)34(29,30)27-20-9-5-7-11-22(20)31-2)26-25(28)24-19(15-33-3)18-8-4-6-10-21(18)32-24/h4-14,27H,15H2,1-3H3,(H,26,28). The summed E-state index contributed by atoms with van der Waals surface area (Å²) in [6.07, 6.45) is 1.95. The van der Waals surface area contributed by atoms with Gasteiger partial charge in [-0.25, -0.2) is 8.42 Å². The number of anilines is 2. The molecule has 0 unspecified atom stereocenters. The molecule has 0 atom stereocenters. The van der Waals surface area contributed by atoms with Gasteiger partial charge in [0.25, 0.3) is 15.9 Å². The Balaban J connectivity index is 1.65. The van der Waals surface area contributed by atoms with Gasteiger partial charge < -0.3 is 14.5 Å². The van der Waals surface area contributed by atoms with E-state index in [-0.39, 0.29) is 10.7 Å². The quantitative estimate of drug-likeness (QED) is 0.326. The second-order valence-corrected chi connectivity index (χ2v) is 10.1. The third-order valence-corrected chi connectivity index (χ3v) is 7.36. The molecule has 0 saturated carbocycles. The van der Waals surface area contributed by atoms with Crippen molar-refractivity contribution < 1.29 is 22.4 Å². The number of furan rings is 1. The fourth-order valence-electron chi connectivity index (χ4n) is 3.65. The Kier molecular flexibility index (Phi) is 6.85. The summed E-state index contributed by atoms with van der Waals surface area (Å²) in [6, 6.07) is 19.0.